The molecule has 6 aromatic rings. The van der Waals surface area contributed by atoms with Gasteiger partial charge in [0.1, 0.15) is 11.6 Å². The summed E-state index contributed by atoms with van der Waals surface area (Å²) in [4.78, 5) is 46.6. The van der Waals surface area contributed by atoms with Gasteiger partial charge in [0.2, 0.25) is 11.1 Å². The van der Waals surface area contributed by atoms with Crippen molar-refractivity contribution < 1.29 is 9.59 Å². The van der Waals surface area contributed by atoms with Crippen molar-refractivity contribution in [3.8, 4) is 22.8 Å². The van der Waals surface area contributed by atoms with Crippen molar-refractivity contribution in [2.24, 2.45) is 0 Å². The third-order valence-electron chi connectivity index (χ3n) is 5.81. The summed E-state index contributed by atoms with van der Waals surface area (Å²) in [5, 5.41) is 8.63. The Balaban J connectivity index is 0.000000193. The summed E-state index contributed by atoms with van der Waals surface area (Å²) in [6, 6.07) is 29.7. The standard InChI is InChI=1S/C17H15N5O.C15H13N5.C2H3ClO/c1-12(23)20-15-9-8-14(13-6-2-4-10-18-13)21-17(15)22-16-7-3-5-11-19-16;16-11-7-8-13(12-5-1-3-9-17-12)19-15(11)20-14-6-2-4-10-18-14;1-2(3)4/h2-11H,1H3,(H,20,23)(H,19,21,22);1-10H,16H2,(H,18,19,20);1H3. The number of hydrogen-bond donors (Lipinski definition) is 4. The molecule has 0 fully saturated rings. The molecule has 0 bridgehead atoms. The highest BCUT2D eigenvalue weighted by Gasteiger charge is 2.10. The van der Waals surface area contributed by atoms with Gasteiger partial charge >= 0.3 is 0 Å². The minimum atomic E-state index is -0.361. The van der Waals surface area contributed by atoms with Crippen LogP contribution in [0.1, 0.15) is 13.8 Å². The Kier molecular flexibility index (Phi) is 12.4. The highest BCUT2D eigenvalue weighted by Crippen LogP contribution is 2.27. The van der Waals surface area contributed by atoms with Gasteiger partial charge in [-0.15, -0.1) is 0 Å². The Morgan fingerprint density at radius 3 is 1.47 bits per heavy atom. The van der Waals surface area contributed by atoms with Gasteiger partial charge in [-0.2, -0.15) is 0 Å². The van der Waals surface area contributed by atoms with Crippen molar-refractivity contribution >= 4 is 57.4 Å². The number of aromatic nitrogens is 6. The van der Waals surface area contributed by atoms with Crippen LogP contribution in [0.2, 0.25) is 0 Å². The molecule has 12 nitrogen and oxygen atoms in total. The van der Waals surface area contributed by atoms with Crippen molar-refractivity contribution in [3.05, 3.63) is 122 Å². The lowest BCUT2D eigenvalue weighted by Crippen LogP contribution is -2.09. The van der Waals surface area contributed by atoms with E-state index in [1.807, 2.05) is 91.0 Å². The van der Waals surface area contributed by atoms with E-state index in [4.69, 9.17) is 5.73 Å². The maximum absolute atomic E-state index is 11.4. The second kappa shape index (κ2) is 17.3. The molecule has 6 aromatic heterocycles. The second-order valence-electron chi connectivity index (χ2n) is 9.49. The topological polar surface area (TPSA) is 174 Å². The summed E-state index contributed by atoms with van der Waals surface area (Å²) in [5.74, 6) is 2.27. The predicted molar refractivity (Wildman–Crippen MR) is 185 cm³/mol. The van der Waals surface area contributed by atoms with E-state index in [0.29, 0.717) is 40.3 Å². The molecule has 0 saturated heterocycles. The Hall–Kier alpha value is -6.27. The number of amides is 1. The lowest BCUT2D eigenvalue weighted by Gasteiger charge is -2.12. The van der Waals surface area contributed by atoms with Gasteiger partial charge in [0.25, 0.3) is 0 Å². The molecule has 1 amide bonds. The zero-order valence-electron chi connectivity index (χ0n) is 25.5. The zero-order valence-corrected chi connectivity index (χ0v) is 26.3. The summed E-state index contributed by atoms with van der Waals surface area (Å²) in [7, 11) is 0. The number of nitrogens with zero attached hydrogens (tertiary/aromatic N) is 6. The van der Waals surface area contributed by atoms with Crippen molar-refractivity contribution in [1.29, 1.82) is 0 Å². The molecular weight excluding hydrogens is 616 g/mol. The fraction of sp³-hybridized carbons (Fsp3) is 0.0588. The summed E-state index contributed by atoms with van der Waals surface area (Å²) >= 11 is 4.64. The minimum absolute atomic E-state index is 0.165. The number of carbonyl (C=O) groups excluding carboxylic acids is 2. The molecule has 47 heavy (non-hydrogen) atoms. The predicted octanol–water partition coefficient (Wildman–Crippen LogP) is 6.88. The van der Waals surface area contributed by atoms with Crippen molar-refractivity contribution in [2.45, 2.75) is 13.8 Å². The smallest absolute Gasteiger partial charge is 0.221 e. The van der Waals surface area contributed by atoms with Crippen LogP contribution in [0, 0.1) is 0 Å². The van der Waals surface area contributed by atoms with E-state index in [1.165, 1.54) is 13.8 Å². The van der Waals surface area contributed by atoms with Crippen LogP contribution >= 0.6 is 11.6 Å². The maximum atomic E-state index is 11.4. The Labute approximate surface area is 276 Å². The van der Waals surface area contributed by atoms with E-state index >= 15 is 0 Å². The lowest BCUT2D eigenvalue weighted by molar-refractivity contribution is -0.114. The number of halogens is 1. The first kappa shape index (κ1) is 33.6. The normalized spacial score (nSPS) is 9.85. The minimum Gasteiger partial charge on any atom is -0.396 e. The van der Waals surface area contributed by atoms with Crippen molar-refractivity contribution in [2.75, 3.05) is 21.7 Å². The van der Waals surface area contributed by atoms with Crippen LogP contribution in [-0.2, 0) is 9.59 Å². The molecule has 0 radical (unpaired) electrons. The quantitative estimate of drug-likeness (QED) is 0.133. The van der Waals surface area contributed by atoms with Gasteiger partial charge in [0.15, 0.2) is 11.6 Å². The number of nitrogens with one attached hydrogen (secondary N) is 3. The number of pyridine rings is 6. The first-order valence-corrected chi connectivity index (χ1v) is 14.6. The van der Waals surface area contributed by atoms with E-state index in [1.54, 1.807) is 30.9 Å². The third kappa shape index (κ3) is 11.0. The molecule has 6 rings (SSSR count). The summed E-state index contributed by atoms with van der Waals surface area (Å²) in [5.41, 5.74) is 10.1. The monoisotopic (exact) mass is 646 g/mol. The van der Waals surface area contributed by atoms with Gasteiger partial charge < -0.3 is 21.7 Å². The van der Waals surface area contributed by atoms with Crippen LogP contribution in [-0.4, -0.2) is 41.1 Å². The SMILES string of the molecule is CC(=O)Cl.CC(=O)Nc1ccc(-c2ccccn2)nc1Nc1ccccn1.Nc1ccc(-c2ccccn2)nc1Nc1ccccn1. The van der Waals surface area contributed by atoms with Gasteiger partial charge in [-0.05, 0) is 84.4 Å². The van der Waals surface area contributed by atoms with E-state index < -0.39 is 0 Å². The Morgan fingerprint density at radius 2 is 1.02 bits per heavy atom. The average Bonchev–Trinajstić information content (AvgIpc) is 3.08. The molecule has 0 saturated carbocycles. The number of nitrogen functional groups attached to an aromatic ring is 1. The van der Waals surface area contributed by atoms with Crippen LogP contribution in [0.15, 0.2) is 122 Å². The molecule has 236 valence electrons. The molecule has 0 aliphatic carbocycles. The zero-order chi connectivity index (χ0) is 33.4. The molecule has 5 N–H and O–H groups in total. The molecule has 0 aromatic carbocycles. The van der Waals surface area contributed by atoms with Crippen molar-refractivity contribution in [1.82, 2.24) is 29.9 Å². The van der Waals surface area contributed by atoms with E-state index in [0.717, 1.165) is 17.1 Å². The first-order chi connectivity index (χ1) is 22.8. The van der Waals surface area contributed by atoms with Gasteiger partial charge in [0.05, 0.1) is 34.2 Å². The first-order valence-electron chi connectivity index (χ1n) is 14.2. The number of carbonyl (C=O) groups is 2. The van der Waals surface area contributed by atoms with Gasteiger partial charge in [-0.1, -0.05) is 24.3 Å². The van der Waals surface area contributed by atoms with Crippen LogP contribution in [0.25, 0.3) is 22.8 Å². The maximum Gasteiger partial charge on any atom is 0.221 e. The van der Waals surface area contributed by atoms with Crippen LogP contribution in [0.3, 0.4) is 0 Å². The molecule has 0 atom stereocenters. The number of hydrogen-bond acceptors (Lipinski definition) is 11. The molecule has 13 heteroatoms. The van der Waals surface area contributed by atoms with Gasteiger partial charge in [0, 0.05) is 38.6 Å². The summed E-state index contributed by atoms with van der Waals surface area (Å²) < 4.78 is 0. The van der Waals surface area contributed by atoms with Gasteiger partial charge in [-0.3, -0.25) is 19.6 Å². The molecule has 0 aliphatic rings. The lowest BCUT2D eigenvalue weighted by atomic mass is 10.2. The average molecular weight is 647 g/mol. The number of anilines is 6. The molecule has 0 unspecified atom stereocenters. The molecule has 0 spiro atoms. The van der Waals surface area contributed by atoms with Crippen LogP contribution in [0.4, 0.5) is 34.6 Å². The molecule has 0 aliphatic heterocycles. The third-order valence-corrected chi connectivity index (χ3v) is 5.81. The van der Waals surface area contributed by atoms with E-state index in [9.17, 15) is 9.59 Å². The van der Waals surface area contributed by atoms with Crippen LogP contribution < -0.4 is 21.7 Å². The largest absolute Gasteiger partial charge is 0.396 e. The molecule has 6 heterocycles. The number of nitrogens with two attached hydrogens (primary N) is 1. The van der Waals surface area contributed by atoms with Crippen molar-refractivity contribution in [3.63, 3.8) is 0 Å². The Morgan fingerprint density at radius 1 is 0.574 bits per heavy atom. The fourth-order valence-corrected chi connectivity index (χ4v) is 3.84. The van der Waals surface area contributed by atoms with Crippen LogP contribution in [0.5, 0.6) is 0 Å². The van der Waals surface area contributed by atoms with E-state index in [-0.39, 0.29) is 11.1 Å². The highest BCUT2D eigenvalue weighted by molar-refractivity contribution is 6.62. The highest BCUT2D eigenvalue weighted by atomic mass is 35.5. The second-order valence-corrected chi connectivity index (χ2v) is 10.0. The van der Waals surface area contributed by atoms with Gasteiger partial charge in [-0.25, -0.2) is 19.9 Å². The molecular formula is C34H31ClN10O2. The summed E-state index contributed by atoms with van der Waals surface area (Å²) in [6.45, 7) is 2.75. The van der Waals surface area contributed by atoms with E-state index in [2.05, 4.69) is 57.5 Å². The summed E-state index contributed by atoms with van der Waals surface area (Å²) in [6.07, 6.45) is 6.84. The fourth-order valence-electron chi connectivity index (χ4n) is 3.84. The number of rotatable bonds is 7. The Bertz CT molecular complexity index is 1880.